The smallest absolute Gasteiger partial charge is 0.251 e. The van der Waals surface area contributed by atoms with Crippen LogP contribution in [0.2, 0.25) is 0 Å². The molecule has 1 N–H and O–H groups in total. The van der Waals surface area contributed by atoms with Gasteiger partial charge in [-0.05, 0) is 30.7 Å². The molecule has 0 aliphatic carbocycles. The minimum atomic E-state index is -0.0911. The van der Waals surface area contributed by atoms with Gasteiger partial charge in [0.25, 0.3) is 5.91 Å². The van der Waals surface area contributed by atoms with Gasteiger partial charge in [0.2, 0.25) is 0 Å². The molecular weight excluding hydrogens is 344 g/mol. The molecule has 140 valence electrons. The van der Waals surface area contributed by atoms with Crippen LogP contribution in [-0.2, 0) is 17.7 Å². The molecule has 7 nitrogen and oxygen atoms in total. The first-order valence-electron chi connectivity index (χ1n) is 9.04. The van der Waals surface area contributed by atoms with E-state index in [0.29, 0.717) is 31.7 Å². The summed E-state index contributed by atoms with van der Waals surface area (Å²) in [7, 11) is 0. The normalized spacial score (nSPS) is 19.3. The standard InChI is InChI=1S/C20H22N4O3/c1-14-8-18(27-23-14)10-17-12-26-13-19(17)22-20(25)16-5-2-4-15(9-16)11-24-7-3-6-21-24/h2-9,17,19H,10-13H2,1H3,(H,22,25)/t17-,19+/m1/s1. The zero-order chi connectivity index (χ0) is 18.6. The molecule has 0 bridgehead atoms. The second-order valence-corrected chi connectivity index (χ2v) is 6.92. The van der Waals surface area contributed by atoms with Crippen molar-refractivity contribution < 1.29 is 14.1 Å². The number of carbonyl (C=O) groups excluding carboxylic acids is 1. The van der Waals surface area contributed by atoms with Crippen LogP contribution in [-0.4, -0.2) is 40.1 Å². The Hall–Kier alpha value is -2.93. The fourth-order valence-electron chi connectivity index (χ4n) is 3.37. The van der Waals surface area contributed by atoms with Crippen LogP contribution in [0, 0.1) is 12.8 Å². The average molecular weight is 366 g/mol. The number of rotatable bonds is 6. The number of ether oxygens (including phenoxy) is 1. The summed E-state index contributed by atoms with van der Waals surface area (Å²) in [6.45, 7) is 3.64. The Morgan fingerprint density at radius 1 is 1.30 bits per heavy atom. The first-order chi connectivity index (χ1) is 13.2. The van der Waals surface area contributed by atoms with E-state index >= 15 is 0 Å². The van der Waals surface area contributed by atoms with Crippen molar-refractivity contribution in [2.75, 3.05) is 13.2 Å². The number of carbonyl (C=O) groups is 1. The SMILES string of the molecule is Cc1cc(C[C@@H]2COC[C@@H]2NC(=O)c2cccc(Cn3cccn3)c2)on1. The summed E-state index contributed by atoms with van der Waals surface area (Å²) in [6.07, 6.45) is 4.34. The third-order valence-electron chi connectivity index (χ3n) is 4.75. The van der Waals surface area contributed by atoms with E-state index in [-0.39, 0.29) is 17.9 Å². The van der Waals surface area contributed by atoms with E-state index < -0.39 is 0 Å². The summed E-state index contributed by atoms with van der Waals surface area (Å²) in [5.41, 5.74) is 2.53. The van der Waals surface area contributed by atoms with Gasteiger partial charge in [-0.25, -0.2) is 0 Å². The number of amides is 1. The predicted molar refractivity (Wildman–Crippen MR) is 98.3 cm³/mol. The number of aryl methyl sites for hydroxylation is 1. The minimum absolute atomic E-state index is 0.0438. The highest BCUT2D eigenvalue weighted by atomic mass is 16.5. The summed E-state index contributed by atoms with van der Waals surface area (Å²) in [4.78, 5) is 12.7. The summed E-state index contributed by atoms with van der Waals surface area (Å²) in [6, 6.07) is 11.4. The quantitative estimate of drug-likeness (QED) is 0.723. The first-order valence-corrected chi connectivity index (χ1v) is 9.04. The van der Waals surface area contributed by atoms with Crippen molar-refractivity contribution in [2.24, 2.45) is 5.92 Å². The maximum absolute atomic E-state index is 12.7. The zero-order valence-corrected chi connectivity index (χ0v) is 15.2. The van der Waals surface area contributed by atoms with Gasteiger partial charge in [0.1, 0.15) is 5.76 Å². The van der Waals surface area contributed by atoms with Crippen molar-refractivity contribution in [2.45, 2.75) is 25.9 Å². The molecule has 0 spiro atoms. The van der Waals surface area contributed by atoms with Gasteiger partial charge >= 0.3 is 0 Å². The van der Waals surface area contributed by atoms with Gasteiger partial charge in [0, 0.05) is 36.4 Å². The molecule has 2 atom stereocenters. The highest BCUT2D eigenvalue weighted by Gasteiger charge is 2.31. The Morgan fingerprint density at radius 2 is 2.22 bits per heavy atom. The number of hydrogen-bond donors (Lipinski definition) is 1. The number of benzene rings is 1. The molecular formula is C20H22N4O3. The van der Waals surface area contributed by atoms with Crippen LogP contribution in [0.4, 0.5) is 0 Å². The van der Waals surface area contributed by atoms with Crippen LogP contribution >= 0.6 is 0 Å². The molecule has 0 radical (unpaired) electrons. The Balaban J connectivity index is 1.40. The van der Waals surface area contributed by atoms with Crippen LogP contribution < -0.4 is 5.32 Å². The molecule has 4 rings (SSSR count). The third-order valence-corrected chi connectivity index (χ3v) is 4.75. The monoisotopic (exact) mass is 366 g/mol. The lowest BCUT2D eigenvalue weighted by Gasteiger charge is -2.18. The molecule has 3 aromatic rings. The number of aromatic nitrogens is 3. The molecule has 3 heterocycles. The maximum Gasteiger partial charge on any atom is 0.251 e. The van der Waals surface area contributed by atoms with Gasteiger partial charge in [-0.1, -0.05) is 17.3 Å². The predicted octanol–water partition coefficient (Wildman–Crippen LogP) is 2.22. The minimum Gasteiger partial charge on any atom is -0.379 e. The molecule has 27 heavy (non-hydrogen) atoms. The maximum atomic E-state index is 12.7. The van der Waals surface area contributed by atoms with E-state index in [2.05, 4.69) is 15.6 Å². The van der Waals surface area contributed by atoms with Gasteiger partial charge in [-0.2, -0.15) is 5.10 Å². The van der Waals surface area contributed by atoms with Crippen LogP contribution in [0.3, 0.4) is 0 Å². The van der Waals surface area contributed by atoms with Gasteiger partial charge < -0.3 is 14.6 Å². The molecule has 1 aliphatic heterocycles. The van der Waals surface area contributed by atoms with E-state index in [1.165, 1.54) is 0 Å². The summed E-state index contributed by atoms with van der Waals surface area (Å²) >= 11 is 0. The Kier molecular flexibility index (Phi) is 5.02. The molecule has 1 aliphatic rings. The molecule has 1 aromatic carbocycles. The zero-order valence-electron chi connectivity index (χ0n) is 15.2. The summed E-state index contributed by atoms with van der Waals surface area (Å²) < 4.78 is 12.7. The molecule has 1 saturated heterocycles. The summed E-state index contributed by atoms with van der Waals surface area (Å²) in [5.74, 6) is 0.906. The topological polar surface area (TPSA) is 82.2 Å². The number of nitrogens with one attached hydrogen (secondary N) is 1. The third kappa shape index (κ3) is 4.25. The second kappa shape index (κ2) is 7.75. The lowest BCUT2D eigenvalue weighted by Crippen LogP contribution is -2.40. The van der Waals surface area contributed by atoms with Crippen LogP contribution in [0.1, 0.15) is 27.4 Å². The van der Waals surface area contributed by atoms with E-state index in [1.807, 2.05) is 54.2 Å². The molecule has 0 unspecified atom stereocenters. The number of hydrogen-bond acceptors (Lipinski definition) is 5. The molecule has 7 heteroatoms. The highest BCUT2D eigenvalue weighted by molar-refractivity contribution is 5.94. The second-order valence-electron chi connectivity index (χ2n) is 6.92. The molecule has 2 aromatic heterocycles. The lowest BCUT2D eigenvalue weighted by molar-refractivity contribution is 0.0924. The Labute approximate surface area is 157 Å². The van der Waals surface area contributed by atoms with Crippen molar-refractivity contribution in [3.05, 3.63) is 71.4 Å². The van der Waals surface area contributed by atoms with Crippen molar-refractivity contribution in [3.63, 3.8) is 0 Å². The van der Waals surface area contributed by atoms with Crippen LogP contribution in [0.25, 0.3) is 0 Å². The average Bonchev–Trinajstić information content (AvgIpc) is 3.40. The van der Waals surface area contributed by atoms with E-state index in [4.69, 9.17) is 9.26 Å². The van der Waals surface area contributed by atoms with Crippen LogP contribution in [0.15, 0.2) is 53.3 Å². The van der Waals surface area contributed by atoms with Gasteiger partial charge in [-0.3, -0.25) is 9.48 Å². The van der Waals surface area contributed by atoms with E-state index in [0.717, 1.165) is 17.0 Å². The fourth-order valence-corrected chi connectivity index (χ4v) is 3.37. The van der Waals surface area contributed by atoms with Gasteiger partial charge in [0.15, 0.2) is 0 Å². The van der Waals surface area contributed by atoms with Crippen molar-refractivity contribution in [1.29, 1.82) is 0 Å². The van der Waals surface area contributed by atoms with Gasteiger partial charge in [-0.15, -0.1) is 0 Å². The summed E-state index contributed by atoms with van der Waals surface area (Å²) in [5, 5.41) is 11.2. The fraction of sp³-hybridized carbons (Fsp3) is 0.350. The molecule has 0 saturated carbocycles. The Bertz CT molecular complexity index is 904. The Morgan fingerprint density at radius 3 is 3.00 bits per heavy atom. The largest absolute Gasteiger partial charge is 0.379 e. The van der Waals surface area contributed by atoms with Crippen molar-refractivity contribution >= 4 is 5.91 Å². The highest BCUT2D eigenvalue weighted by Crippen LogP contribution is 2.20. The van der Waals surface area contributed by atoms with Crippen molar-refractivity contribution in [1.82, 2.24) is 20.3 Å². The first kappa shape index (κ1) is 17.5. The van der Waals surface area contributed by atoms with Gasteiger partial charge in [0.05, 0.1) is 31.5 Å². The van der Waals surface area contributed by atoms with E-state index in [1.54, 1.807) is 6.20 Å². The molecule has 1 fully saturated rings. The van der Waals surface area contributed by atoms with Crippen LogP contribution in [0.5, 0.6) is 0 Å². The van der Waals surface area contributed by atoms with Crippen molar-refractivity contribution in [3.8, 4) is 0 Å². The number of nitrogens with zero attached hydrogens (tertiary/aromatic N) is 3. The lowest BCUT2D eigenvalue weighted by atomic mass is 9.97. The van der Waals surface area contributed by atoms with E-state index in [9.17, 15) is 4.79 Å². The molecule has 1 amide bonds.